The molecule has 1 aliphatic carbocycles. The van der Waals surface area contributed by atoms with E-state index in [1.165, 1.54) is 11.1 Å². The average Bonchev–Trinajstić information content (AvgIpc) is 2.94. The number of nitrogens with zero attached hydrogens (tertiary/aromatic N) is 3. The minimum Gasteiger partial charge on any atom is -0.335 e. The van der Waals surface area contributed by atoms with Crippen LogP contribution in [0.15, 0.2) is 30.5 Å². The number of amides is 2. The van der Waals surface area contributed by atoms with Gasteiger partial charge < -0.3 is 5.32 Å². The molecule has 0 radical (unpaired) electrons. The molecule has 6 nitrogen and oxygen atoms in total. The summed E-state index contributed by atoms with van der Waals surface area (Å²) in [6.45, 7) is 2.70. The van der Waals surface area contributed by atoms with E-state index in [0.717, 1.165) is 25.8 Å². The number of hydrogen-bond acceptors (Lipinski definition) is 3. The third-order valence-corrected chi connectivity index (χ3v) is 3.79. The van der Waals surface area contributed by atoms with Gasteiger partial charge >= 0.3 is 6.03 Å². The van der Waals surface area contributed by atoms with Gasteiger partial charge in [-0.15, -0.1) is 5.10 Å². The molecule has 0 unspecified atom stereocenters. The summed E-state index contributed by atoms with van der Waals surface area (Å²) >= 11 is 0. The molecule has 0 fully saturated rings. The molecule has 1 heterocycles. The van der Waals surface area contributed by atoms with Crippen LogP contribution in [0, 0.1) is 0 Å². The summed E-state index contributed by atoms with van der Waals surface area (Å²) in [5.41, 5.74) is 2.72. The second kappa shape index (κ2) is 5.95. The Morgan fingerprint density at radius 2 is 2.19 bits per heavy atom. The minimum absolute atomic E-state index is 0.168. The highest BCUT2D eigenvalue weighted by atomic mass is 16.2. The van der Waals surface area contributed by atoms with Gasteiger partial charge in [-0.05, 0) is 37.3 Å². The maximum Gasteiger partial charge on any atom is 0.320 e. The van der Waals surface area contributed by atoms with Crippen LogP contribution in [-0.4, -0.2) is 27.1 Å². The van der Waals surface area contributed by atoms with Crippen LogP contribution in [-0.2, 0) is 19.4 Å². The first-order valence-corrected chi connectivity index (χ1v) is 7.29. The second-order valence-electron chi connectivity index (χ2n) is 5.27. The number of rotatable bonds is 3. The van der Waals surface area contributed by atoms with Gasteiger partial charge in [0.1, 0.15) is 0 Å². The van der Waals surface area contributed by atoms with E-state index in [1.807, 2.05) is 13.0 Å². The molecular weight excluding hydrogens is 266 g/mol. The Kier molecular flexibility index (Phi) is 3.85. The number of carbonyl (C=O) groups excluding carboxylic acids is 1. The molecule has 1 aliphatic rings. The van der Waals surface area contributed by atoms with Crippen LogP contribution in [0.25, 0.3) is 0 Å². The summed E-state index contributed by atoms with van der Waals surface area (Å²) < 4.78 is 1.67. The first kappa shape index (κ1) is 13.6. The van der Waals surface area contributed by atoms with E-state index in [2.05, 4.69) is 39.1 Å². The number of anilines is 1. The Morgan fingerprint density at radius 1 is 1.38 bits per heavy atom. The lowest BCUT2D eigenvalue weighted by Crippen LogP contribution is -2.41. The lowest BCUT2D eigenvalue weighted by Gasteiger charge is -2.25. The lowest BCUT2D eigenvalue weighted by atomic mass is 9.88. The van der Waals surface area contributed by atoms with E-state index in [9.17, 15) is 4.79 Å². The van der Waals surface area contributed by atoms with E-state index in [0.29, 0.717) is 5.82 Å². The van der Waals surface area contributed by atoms with E-state index < -0.39 is 0 Å². The third kappa shape index (κ3) is 3.21. The largest absolute Gasteiger partial charge is 0.335 e. The molecule has 0 bridgehead atoms. The first-order valence-electron chi connectivity index (χ1n) is 7.29. The summed E-state index contributed by atoms with van der Waals surface area (Å²) in [5.74, 6) is 0.477. The number of aryl methyl sites for hydroxylation is 2. The van der Waals surface area contributed by atoms with Gasteiger partial charge in [0.15, 0.2) is 5.82 Å². The quantitative estimate of drug-likeness (QED) is 0.905. The monoisotopic (exact) mass is 285 g/mol. The highest BCUT2D eigenvalue weighted by Crippen LogP contribution is 2.21. The molecule has 0 spiro atoms. The highest BCUT2D eigenvalue weighted by molar-refractivity contribution is 5.88. The molecule has 2 aromatic rings. The van der Waals surface area contributed by atoms with Gasteiger partial charge in [-0.1, -0.05) is 29.5 Å². The van der Waals surface area contributed by atoms with Gasteiger partial charge in [0.2, 0.25) is 0 Å². The minimum atomic E-state index is -0.220. The second-order valence-corrected chi connectivity index (χ2v) is 5.27. The van der Waals surface area contributed by atoms with E-state index in [-0.39, 0.29) is 12.1 Å². The van der Waals surface area contributed by atoms with Crippen LogP contribution < -0.4 is 10.6 Å². The van der Waals surface area contributed by atoms with Crippen LogP contribution in [0.3, 0.4) is 0 Å². The maximum absolute atomic E-state index is 12.0. The van der Waals surface area contributed by atoms with Gasteiger partial charge in [0, 0.05) is 12.6 Å². The van der Waals surface area contributed by atoms with E-state index >= 15 is 0 Å². The van der Waals surface area contributed by atoms with Gasteiger partial charge in [0.25, 0.3) is 0 Å². The fourth-order valence-electron chi connectivity index (χ4n) is 2.67. The molecule has 2 N–H and O–H groups in total. The molecular formula is C15H19N5O. The standard InChI is InChI=1S/C15H19N5O/c1-2-20-10-14(18-19-20)17-15(21)16-13-8-7-11-5-3-4-6-12(11)9-13/h3-6,10,13H,2,7-9H2,1H3,(H2,16,17,21)/t13-/m1/s1. The number of hydrogen-bond donors (Lipinski definition) is 2. The number of aromatic nitrogens is 3. The van der Waals surface area contributed by atoms with Crippen LogP contribution in [0.5, 0.6) is 0 Å². The van der Waals surface area contributed by atoms with Crippen LogP contribution in [0.1, 0.15) is 24.5 Å². The number of carbonyl (C=O) groups is 1. The van der Waals surface area contributed by atoms with Crippen molar-refractivity contribution < 1.29 is 4.79 Å². The molecule has 2 amide bonds. The van der Waals surface area contributed by atoms with Crippen molar-refractivity contribution in [1.29, 1.82) is 0 Å². The van der Waals surface area contributed by atoms with Gasteiger partial charge in [0.05, 0.1) is 6.20 Å². The van der Waals surface area contributed by atoms with Crippen molar-refractivity contribution in [2.75, 3.05) is 5.32 Å². The molecule has 3 rings (SSSR count). The molecule has 110 valence electrons. The zero-order valence-corrected chi connectivity index (χ0v) is 12.0. The van der Waals surface area contributed by atoms with Gasteiger partial charge in [-0.25, -0.2) is 4.79 Å². The molecule has 0 saturated heterocycles. The molecule has 6 heteroatoms. The summed E-state index contributed by atoms with van der Waals surface area (Å²) in [5, 5.41) is 13.5. The molecule has 1 atom stereocenters. The van der Waals surface area contributed by atoms with Crippen molar-refractivity contribution in [3.05, 3.63) is 41.6 Å². The van der Waals surface area contributed by atoms with E-state index in [1.54, 1.807) is 10.9 Å². The molecule has 0 saturated carbocycles. The van der Waals surface area contributed by atoms with E-state index in [4.69, 9.17) is 0 Å². The Labute approximate surface area is 123 Å². The van der Waals surface area contributed by atoms with Crippen molar-refractivity contribution in [1.82, 2.24) is 20.3 Å². The topological polar surface area (TPSA) is 71.8 Å². The summed E-state index contributed by atoms with van der Waals surface area (Å²) in [7, 11) is 0. The predicted octanol–water partition coefficient (Wildman–Crippen LogP) is 1.98. The Hall–Kier alpha value is -2.37. The molecule has 21 heavy (non-hydrogen) atoms. The molecule has 1 aromatic heterocycles. The fourth-order valence-corrected chi connectivity index (χ4v) is 2.67. The molecule has 1 aromatic carbocycles. The van der Waals surface area contributed by atoms with Crippen LogP contribution in [0.4, 0.5) is 10.6 Å². The predicted molar refractivity (Wildman–Crippen MR) is 80.1 cm³/mol. The normalized spacial score (nSPS) is 17.1. The van der Waals surface area contributed by atoms with Crippen molar-refractivity contribution in [3.8, 4) is 0 Å². The van der Waals surface area contributed by atoms with Crippen LogP contribution in [0.2, 0.25) is 0 Å². The first-order chi connectivity index (χ1) is 10.2. The zero-order valence-electron chi connectivity index (χ0n) is 12.0. The number of fused-ring (bicyclic) bond motifs is 1. The van der Waals surface area contributed by atoms with Crippen molar-refractivity contribution in [2.24, 2.45) is 0 Å². The molecule has 0 aliphatic heterocycles. The Morgan fingerprint density at radius 3 is 2.95 bits per heavy atom. The third-order valence-electron chi connectivity index (χ3n) is 3.79. The summed E-state index contributed by atoms with van der Waals surface area (Å²) in [6.07, 6.45) is 4.57. The van der Waals surface area contributed by atoms with Crippen molar-refractivity contribution in [3.63, 3.8) is 0 Å². The van der Waals surface area contributed by atoms with Crippen molar-refractivity contribution in [2.45, 2.75) is 38.8 Å². The summed E-state index contributed by atoms with van der Waals surface area (Å²) in [6, 6.07) is 8.35. The fraction of sp³-hybridized carbons (Fsp3) is 0.400. The summed E-state index contributed by atoms with van der Waals surface area (Å²) in [4.78, 5) is 12.0. The zero-order chi connectivity index (χ0) is 14.7. The SMILES string of the molecule is CCn1cc(NC(=O)N[C@@H]2CCc3ccccc3C2)nn1. The van der Waals surface area contributed by atoms with Gasteiger partial charge in [-0.3, -0.25) is 10.00 Å². The van der Waals surface area contributed by atoms with Gasteiger partial charge in [-0.2, -0.15) is 0 Å². The number of benzene rings is 1. The lowest BCUT2D eigenvalue weighted by molar-refractivity contribution is 0.247. The van der Waals surface area contributed by atoms with Crippen molar-refractivity contribution >= 4 is 11.8 Å². The Bertz CT molecular complexity index is 636. The maximum atomic E-state index is 12.0. The smallest absolute Gasteiger partial charge is 0.320 e. The average molecular weight is 285 g/mol. The number of urea groups is 1. The van der Waals surface area contributed by atoms with Crippen LogP contribution >= 0.6 is 0 Å². The number of nitrogens with one attached hydrogen (secondary N) is 2. The Balaban J connectivity index is 1.56. The highest BCUT2D eigenvalue weighted by Gasteiger charge is 2.20.